The van der Waals surface area contributed by atoms with E-state index in [0.29, 0.717) is 5.56 Å². The fourth-order valence-corrected chi connectivity index (χ4v) is 1.80. The fraction of sp³-hybridized carbons (Fsp3) is 0.364. The normalized spacial score (nSPS) is 24.2. The number of rotatable bonds is 2. The van der Waals surface area contributed by atoms with Crippen molar-refractivity contribution in [2.24, 2.45) is 5.92 Å². The van der Waals surface area contributed by atoms with E-state index in [0.717, 1.165) is 0 Å². The zero-order chi connectivity index (χ0) is 11.9. The van der Waals surface area contributed by atoms with Gasteiger partial charge in [-0.2, -0.15) is 13.2 Å². The Balaban J connectivity index is 2.11. The van der Waals surface area contributed by atoms with Gasteiger partial charge in [0.25, 0.3) is 0 Å². The second-order valence-corrected chi connectivity index (χ2v) is 3.92. The molecule has 2 rings (SSSR count). The predicted molar refractivity (Wildman–Crippen MR) is 50.3 cm³/mol. The molecule has 0 spiro atoms. The molecular formula is C11H9F3O2. The standard InChI is InChI=1S/C11H9F3O2/c12-11(13,14)9-5-8(9)6-1-3-7(4-2-6)10(15)16/h1-4,8-9H,5H2,(H,15,16). The highest BCUT2D eigenvalue weighted by Crippen LogP contribution is 2.55. The van der Waals surface area contributed by atoms with Gasteiger partial charge < -0.3 is 5.11 Å². The summed E-state index contributed by atoms with van der Waals surface area (Å²) in [4.78, 5) is 10.5. The summed E-state index contributed by atoms with van der Waals surface area (Å²) in [6, 6.07) is 5.59. The van der Waals surface area contributed by atoms with Crippen LogP contribution in [0.1, 0.15) is 28.3 Å². The van der Waals surface area contributed by atoms with E-state index >= 15 is 0 Å². The highest BCUT2D eigenvalue weighted by atomic mass is 19.4. The Bertz CT molecular complexity index is 408. The third-order valence-electron chi connectivity index (χ3n) is 2.80. The molecule has 2 unspecified atom stereocenters. The minimum absolute atomic E-state index is 0.0907. The van der Waals surface area contributed by atoms with Crippen molar-refractivity contribution < 1.29 is 23.1 Å². The first-order chi connectivity index (χ1) is 7.39. The van der Waals surface area contributed by atoms with Crippen LogP contribution in [-0.2, 0) is 0 Å². The number of alkyl halides is 3. The lowest BCUT2D eigenvalue weighted by molar-refractivity contribution is -0.148. The molecule has 1 N–H and O–H groups in total. The summed E-state index contributed by atoms with van der Waals surface area (Å²) >= 11 is 0. The molecule has 1 aromatic carbocycles. The zero-order valence-corrected chi connectivity index (χ0v) is 8.16. The molecule has 0 aliphatic heterocycles. The first-order valence-electron chi connectivity index (χ1n) is 4.79. The smallest absolute Gasteiger partial charge is 0.392 e. The largest absolute Gasteiger partial charge is 0.478 e. The van der Waals surface area contributed by atoms with Crippen LogP contribution in [0.5, 0.6) is 0 Å². The molecule has 1 fully saturated rings. The van der Waals surface area contributed by atoms with Gasteiger partial charge in [0.05, 0.1) is 11.5 Å². The Morgan fingerprint density at radius 1 is 1.25 bits per heavy atom. The van der Waals surface area contributed by atoms with Crippen LogP contribution in [0, 0.1) is 5.92 Å². The van der Waals surface area contributed by atoms with E-state index in [9.17, 15) is 18.0 Å². The molecule has 1 aliphatic rings. The molecule has 0 heterocycles. The number of aromatic carboxylic acids is 1. The summed E-state index contributed by atoms with van der Waals surface area (Å²) in [7, 11) is 0. The summed E-state index contributed by atoms with van der Waals surface area (Å²) in [5.41, 5.74) is 0.653. The molecule has 16 heavy (non-hydrogen) atoms. The molecule has 0 radical (unpaired) electrons. The maximum Gasteiger partial charge on any atom is 0.392 e. The van der Waals surface area contributed by atoms with Gasteiger partial charge in [-0.25, -0.2) is 4.79 Å². The topological polar surface area (TPSA) is 37.3 Å². The van der Waals surface area contributed by atoms with Crippen molar-refractivity contribution in [3.63, 3.8) is 0 Å². The van der Waals surface area contributed by atoms with Gasteiger partial charge in [-0.3, -0.25) is 0 Å². The average Bonchev–Trinajstić information content (AvgIpc) is 2.96. The number of hydrogen-bond donors (Lipinski definition) is 1. The summed E-state index contributed by atoms with van der Waals surface area (Å²) in [5.74, 6) is -2.83. The van der Waals surface area contributed by atoms with Gasteiger partial charge in [0, 0.05) is 0 Å². The van der Waals surface area contributed by atoms with E-state index in [1.807, 2.05) is 0 Å². The van der Waals surface area contributed by atoms with E-state index in [1.165, 1.54) is 24.3 Å². The van der Waals surface area contributed by atoms with Gasteiger partial charge in [-0.05, 0) is 30.0 Å². The lowest BCUT2D eigenvalue weighted by atomic mass is 10.1. The minimum atomic E-state index is -4.14. The molecule has 2 atom stereocenters. The molecule has 0 bridgehead atoms. The number of halogens is 3. The van der Waals surface area contributed by atoms with E-state index in [2.05, 4.69) is 0 Å². The SMILES string of the molecule is O=C(O)c1ccc(C2CC2C(F)(F)F)cc1. The first-order valence-corrected chi connectivity index (χ1v) is 4.79. The Morgan fingerprint density at radius 3 is 2.19 bits per heavy atom. The minimum Gasteiger partial charge on any atom is -0.478 e. The van der Waals surface area contributed by atoms with Crippen LogP contribution in [-0.4, -0.2) is 17.3 Å². The van der Waals surface area contributed by atoms with Crippen molar-refractivity contribution in [1.29, 1.82) is 0 Å². The van der Waals surface area contributed by atoms with Gasteiger partial charge in [-0.1, -0.05) is 12.1 Å². The molecule has 2 nitrogen and oxygen atoms in total. The number of carboxylic acids is 1. The molecule has 5 heteroatoms. The molecule has 0 saturated heterocycles. The fourth-order valence-electron chi connectivity index (χ4n) is 1.80. The third kappa shape index (κ3) is 2.03. The molecule has 1 aromatic rings. The summed E-state index contributed by atoms with van der Waals surface area (Å²) in [6.45, 7) is 0. The maximum atomic E-state index is 12.3. The van der Waals surface area contributed by atoms with Gasteiger partial charge in [0.2, 0.25) is 0 Å². The van der Waals surface area contributed by atoms with Crippen molar-refractivity contribution in [1.82, 2.24) is 0 Å². The van der Waals surface area contributed by atoms with E-state index < -0.39 is 24.0 Å². The zero-order valence-electron chi connectivity index (χ0n) is 8.16. The molecule has 0 amide bonds. The Labute approximate surface area is 89.7 Å². The van der Waals surface area contributed by atoms with Gasteiger partial charge in [0.1, 0.15) is 0 Å². The van der Waals surface area contributed by atoms with Gasteiger partial charge in [-0.15, -0.1) is 0 Å². The van der Waals surface area contributed by atoms with Crippen LogP contribution in [0.4, 0.5) is 13.2 Å². The maximum absolute atomic E-state index is 12.3. The Hall–Kier alpha value is -1.52. The number of hydrogen-bond acceptors (Lipinski definition) is 1. The van der Waals surface area contributed by atoms with Gasteiger partial charge in [0.15, 0.2) is 0 Å². The van der Waals surface area contributed by atoms with Crippen molar-refractivity contribution in [3.05, 3.63) is 35.4 Å². The summed E-state index contributed by atoms with van der Waals surface area (Å²) < 4.78 is 36.9. The van der Waals surface area contributed by atoms with Crippen molar-refractivity contribution in [3.8, 4) is 0 Å². The van der Waals surface area contributed by atoms with E-state index in [-0.39, 0.29) is 12.0 Å². The van der Waals surface area contributed by atoms with E-state index in [4.69, 9.17) is 5.11 Å². The van der Waals surface area contributed by atoms with Crippen LogP contribution in [0.15, 0.2) is 24.3 Å². The van der Waals surface area contributed by atoms with Crippen LogP contribution in [0.2, 0.25) is 0 Å². The van der Waals surface area contributed by atoms with Crippen LogP contribution in [0.3, 0.4) is 0 Å². The second-order valence-electron chi connectivity index (χ2n) is 3.92. The van der Waals surface area contributed by atoms with Crippen molar-refractivity contribution in [2.45, 2.75) is 18.5 Å². The predicted octanol–water partition coefficient (Wildman–Crippen LogP) is 3.05. The monoisotopic (exact) mass is 230 g/mol. The Kier molecular flexibility index (Phi) is 2.40. The summed E-state index contributed by atoms with van der Waals surface area (Å²) in [6.07, 6.45) is -4.04. The van der Waals surface area contributed by atoms with Crippen LogP contribution >= 0.6 is 0 Å². The highest BCUT2D eigenvalue weighted by molar-refractivity contribution is 5.87. The lowest BCUT2D eigenvalue weighted by Crippen LogP contribution is -2.11. The summed E-state index contributed by atoms with van der Waals surface area (Å²) in [5, 5.41) is 8.63. The van der Waals surface area contributed by atoms with Crippen LogP contribution in [0.25, 0.3) is 0 Å². The first kappa shape index (κ1) is 11.0. The molecule has 86 valence electrons. The third-order valence-corrected chi connectivity index (χ3v) is 2.80. The van der Waals surface area contributed by atoms with Crippen molar-refractivity contribution >= 4 is 5.97 Å². The highest BCUT2D eigenvalue weighted by Gasteiger charge is 2.55. The number of carbonyl (C=O) groups is 1. The molecular weight excluding hydrogens is 221 g/mol. The second kappa shape index (κ2) is 3.50. The quantitative estimate of drug-likeness (QED) is 0.847. The van der Waals surface area contributed by atoms with Crippen molar-refractivity contribution in [2.75, 3.05) is 0 Å². The molecule has 1 saturated carbocycles. The molecule has 0 aromatic heterocycles. The average molecular weight is 230 g/mol. The number of benzene rings is 1. The lowest BCUT2D eigenvalue weighted by Gasteiger charge is -2.05. The molecule has 1 aliphatic carbocycles. The Morgan fingerprint density at radius 2 is 1.81 bits per heavy atom. The number of carboxylic acid groups (broad SMARTS) is 1. The van der Waals surface area contributed by atoms with E-state index in [1.54, 1.807) is 0 Å². The van der Waals surface area contributed by atoms with Gasteiger partial charge >= 0.3 is 12.1 Å². The van der Waals surface area contributed by atoms with Crippen LogP contribution < -0.4 is 0 Å².